The Balaban J connectivity index is 1.57. The van der Waals surface area contributed by atoms with Crippen LogP contribution in [0.15, 0.2) is 30.3 Å². The largest absolute Gasteiger partial charge is 0.342 e. The third kappa shape index (κ3) is 3.40. The van der Waals surface area contributed by atoms with E-state index >= 15 is 0 Å². The first kappa shape index (κ1) is 14.9. The summed E-state index contributed by atoms with van der Waals surface area (Å²) in [6.07, 6.45) is 4.00. The summed E-state index contributed by atoms with van der Waals surface area (Å²) < 4.78 is 0. The maximum atomic E-state index is 12.5. The molecule has 2 aliphatic rings. The number of benzene rings is 1. The number of para-hydroxylation sites is 1. The topological polar surface area (TPSA) is 52.7 Å². The number of anilines is 1. The number of likely N-dealkylation sites (tertiary alicyclic amines) is 2. The van der Waals surface area contributed by atoms with E-state index in [-0.39, 0.29) is 17.9 Å². The van der Waals surface area contributed by atoms with E-state index in [0.717, 1.165) is 51.0 Å². The second kappa shape index (κ2) is 6.81. The molecular formula is C17H23N3O2. The fraction of sp³-hybridized carbons (Fsp3) is 0.529. The lowest BCUT2D eigenvalue weighted by molar-refractivity contribution is -0.135. The highest BCUT2D eigenvalue weighted by atomic mass is 16.2. The van der Waals surface area contributed by atoms with Crippen LogP contribution in [0.1, 0.15) is 25.7 Å². The molecule has 1 N–H and O–H groups in total. The number of nitrogens with one attached hydrogen (secondary N) is 1. The molecule has 3 amide bonds. The molecule has 0 radical (unpaired) electrons. The average molecular weight is 301 g/mol. The summed E-state index contributed by atoms with van der Waals surface area (Å²) in [6, 6.07) is 9.34. The van der Waals surface area contributed by atoms with E-state index in [0.29, 0.717) is 6.54 Å². The fourth-order valence-corrected chi connectivity index (χ4v) is 3.28. The molecule has 1 unspecified atom stereocenters. The highest BCUT2D eigenvalue weighted by molar-refractivity contribution is 5.90. The predicted octanol–water partition coefficient (Wildman–Crippen LogP) is 2.55. The minimum atomic E-state index is -0.106. The molecule has 1 aromatic carbocycles. The van der Waals surface area contributed by atoms with Crippen LogP contribution in [-0.4, -0.2) is 47.9 Å². The van der Waals surface area contributed by atoms with Gasteiger partial charge in [0.1, 0.15) is 0 Å². The molecule has 0 spiro atoms. The third-order valence-electron chi connectivity index (χ3n) is 4.50. The lowest BCUT2D eigenvalue weighted by Gasteiger charge is -2.33. The minimum Gasteiger partial charge on any atom is -0.342 e. The van der Waals surface area contributed by atoms with E-state index in [4.69, 9.17) is 0 Å². The highest BCUT2D eigenvalue weighted by Gasteiger charge is 2.32. The van der Waals surface area contributed by atoms with E-state index in [1.165, 1.54) is 0 Å². The van der Waals surface area contributed by atoms with Gasteiger partial charge in [0.05, 0.1) is 5.92 Å². The molecule has 2 saturated heterocycles. The summed E-state index contributed by atoms with van der Waals surface area (Å²) in [5.74, 6) is 0.197. The van der Waals surface area contributed by atoms with Gasteiger partial charge in [-0.1, -0.05) is 18.2 Å². The second-order valence-corrected chi connectivity index (χ2v) is 6.11. The van der Waals surface area contributed by atoms with Crippen molar-refractivity contribution in [2.75, 3.05) is 31.5 Å². The second-order valence-electron chi connectivity index (χ2n) is 6.11. The molecule has 5 heteroatoms. The number of piperidine rings is 1. The Morgan fingerprint density at radius 1 is 0.955 bits per heavy atom. The standard InChI is InChI=1S/C17H23N3O2/c21-16(19-10-4-5-11-19)14-7-6-12-20(13-14)17(22)18-15-8-2-1-3-9-15/h1-3,8-9,14H,4-7,10-13H2,(H,18,22). The lowest BCUT2D eigenvalue weighted by Crippen LogP contribution is -2.47. The summed E-state index contributed by atoms with van der Waals surface area (Å²) in [7, 11) is 0. The number of amides is 3. The van der Waals surface area contributed by atoms with E-state index in [1.807, 2.05) is 35.2 Å². The third-order valence-corrected chi connectivity index (χ3v) is 4.50. The number of hydrogen-bond acceptors (Lipinski definition) is 2. The van der Waals surface area contributed by atoms with Crippen LogP contribution in [0.3, 0.4) is 0 Å². The first-order chi connectivity index (χ1) is 10.7. The SMILES string of the molecule is O=C(Nc1ccccc1)N1CCCC(C(=O)N2CCCC2)C1. The van der Waals surface area contributed by atoms with Crippen molar-refractivity contribution in [2.45, 2.75) is 25.7 Å². The van der Waals surface area contributed by atoms with Gasteiger partial charge in [-0.25, -0.2) is 4.79 Å². The molecule has 0 aromatic heterocycles. The zero-order chi connectivity index (χ0) is 15.4. The Morgan fingerprint density at radius 2 is 1.64 bits per heavy atom. The van der Waals surface area contributed by atoms with Gasteiger partial charge >= 0.3 is 6.03 Å². The molecule has 0 bridgehead atoms. The van der Waals surface area contributed by atoms with E-state index in [1.54, 1.807) is 4.90 Å². The summed E-state index contributed by atoms with van der Waals surface area (Å²) in [5, 5.41) is 2.90. The maximum absolute atomic E-state index is 12.5. The zero-order valence-corrected chi connectivity index (χ0v) is 12.8. The van der Waals surface area contributed by atoms with Gasteiger partial charge < -0.3 is 15.1 Å². The van der Waals surface area contributed by atoms with Gasteiger partial charge in [0.2, 0.25) is 5.91 Å². The predicted molar refractivity (Wildman–Crippen MR) is 85.6 cm³/mol. The van der Waals surface area contributed by atoms with Crippen molar-refractivity contribution in [3.8, 4) is 0 Å². The molecule has 118 valence electrons. The number of nitrogens with zero attached hydrogens (tertiary/aromatic N) is 2. The molecule has 22 heavy (non-hydrogen) atoms. The summed E-state index contributed by atoms with van der Waals surface area (Å²) in [5.41, 5.74) is 0.792. The van der Waals surface area contributed by atoms with Crippen LogP contribution in [-0.2, 0) is 4.79 Å². The van der Waals surface area contributed by atoms with E-state index < -0.39 is 0 Å². The molecule has 2 aliphatic heterocycles. The Morgan fingerprint density at radius 3 is 2.36 bits per heavy atom. The Hall–Kier alpha value is -2.04. The highest BCUT2D eigenvalue weighted by Crippen LogP contribution is 2.22. The van der Waals surface area contributed by atoms with Crippen molar-refractivity contribution < 1.29 is 9.59 Å². The number of carbonyl (C=O) groups is 2. The molecule has 0 saturated carbocycles. The van der Waals surface area contributed by atoms with Crippen molar-refractivity contribution in [1.82, 2.24) is 9.80 Å². The van der Waals surface area contributed by atoms with Gasteiger partial charge in [0.15, 0.2) is 0 Å². The van der Waals surface area contributed by atoms with Gasteiger partial charge in [-0.15, -0.1) is 0 Å². The fourth-order valence-electron chi connectivity index (χ4n) is 3.28. The molecule has 1 atom stereocenters. The van der Waals surface area contributed by atoms with Crippen molar-refractivity contribution in [1.29, 1.82) is 0 Å². The average Bonchev–Trinajstić information content (AvgIpc) is 3.09. The Kier molecular flexibility index (Phi) is 4.61. The number of rotatable bonds is 2. The van der Waals surface area contributed by atoms with Crippen LogP contribution in [0.5, 0.6) is 0 Å². The van der Waals surface area contributed by atoms with E-state index in [2.05, 4.69) is 5.32 Å². The van der Waals surface area contributed by atoms with Crippen LogP contribution in [0, 0.1) is 5.92 Å². The van der Waals surface area contributed by atoms with Crippen molar-refractivity contribution >= 4 is 17.6 Å². The Labute approximate surface area is 131 Å². The molecule has 2 fully saturated rings. The van der Waals surface area contributed by atoms with Gasteiger partial charge in [-0.05, 0) is 37.8 Å². The summed E-state index contributed by atoms with van der Waals surface area (Å²) in [4.78, 5) is 28.6. The normalized spacial score (nSPS) is 21.7. The lowest BCUT2D eigenvalue weighted by atomic mass is 9.97. The van der Waals surface area contributed by atoms with Gasteiger partial charge in [-0.3, -0.25) is 4.79 Å². The molecule has 1 aromatic rings. The van der Waals surface area contributed by atoms with Gasteiger partial charge in [-0.2, -0.15) is 0 Å². The molecule has 0 aliphatic carbocycles. The van der Waals surface area contributed by atoms with Crippen LogP contribution in [0.25, 0.3) is 0 Å². The monoisotopic (exact) mass is 301 g/mol. The van der Waals surface area contributed by atoms with Crippen LogP contribution >= 0.6 is 0 Å². The Bertz CT molecular complexity index is 526. The smallest absolute Gasteiger partial charge is 0.321 e. The van der Waals surface area contributed by atoms with Crippen molar-refractivity contribution in [3.63, 3.8) is 0 Å². The van der Waals surface area contributed by atoms with Crippen LogP contribution in [0.2, 0.25) is 0 Å². The number of urea groups is 1. The summed E-state index contributed by atoms with van der Waals surface area (Å²) >= 11 is 0. The van der Waals surface area contributed by atoms with Crippen LogP contribution < -0.4 is 5.32 Å². The zero-order valence-electron chi connectivity index (χ0n) is 12.8. The van der Waals surface area contributed by atoms with Crippen molar-refractivity contribution in [2.24, 2.45) is 5.92 Å². The van der Waals surface area contributed by atoms with Crippen molar-refractivity contribution in [3.05, 3.63) is 30.3 Å². The molecule has 2 heterocycles. The summed E-state index contributed by atoms with van der Waals surface area (Å²) in [6.45, 7) is 3.02. The molecule has 3 rings (SSSR count). The molecular weight excluding hydrogens is 278 g/mol. The number of hydrogen-bond donors (Lipinski definition) is 1. The molecule has 5 nitrogen and oxygen atoms in total. The van der Waals surface area contributed by atoms with Crippen LogP contribution in [0.4, 0.5) is 10.5 Å². The first-order valence-electron chi connectivity index (χ1n) is 8.14. The van der Waals surface area contributed by atoms with E-state index in [9.17, 15) is 9.59 Å². The van der Waals surface area contributed by atoms with Gasteiger partial charge in [0, 0.05) is 31.9 Å². The minimum absolute atomic E-state index is 0.0339. The quantitative estimate of drug-likeness (QED) is 0.912. The van der Waals surface area contributed by atoms with Gasteiger partial charge in [0.25, 0.3) is 0 Å². The first-order valence-corrected chi connectivity index (χ1v) is 8.14. The maximum Gasteiger partial charge on any atom is 0.321 e. The number of carbonyl (C=O) groups excluding carboxylic acids is 2.